The highest BCUT2D eigenvalue weighted by atomic mass is 79.9. The summed E-state index contributed by atoms with van der Waals surface area (Å²) in [6.07, 6.45) is -0.967. The molecule has 1 aromatic carbocycles. The number of ether oxygens (including phenoxy) is 2. The quantitative estimate of drug-likeness (QED) is 0.479. The maximum absolute atomic E-state index is 11.2. The number of methoxy groups -OCH3 is 1. The Hall–Kier alpha value is -1.34. The molecular formula is C10H9BrClNO5. The monoisotopic (exact) mass is 337 g/mol. The van der Waals surface area contributed by atoms with Crippen LogP contribution in [-0.4, -0.2) is 24.1 Å². The number of carbonyl (C=O) groups is 1. The van der Waals surface area contributed by atoms with Crippen LogP contribution in [0, 0.1) is 10.1 Å². The van der Waals surface area contributed by atoms with Crippen molar-refractivity contribution in [1.29, 1.82) is 0 Å². The fourth-order valence-electron chi connectivity index (χ4n) is 1.19. The minimum atomic E-state index is -0.967. The van der Waals surface area contributed by atoms with Crippen LogP contribution in [0.25, 0.3) is 0 Å². The first kappa shape index (κ1) is 14.7. The fourth-order valence-corrected chi connectivity index (χ4v) is 2.08. The molecule has 0 aliphatic carbocycles. The van der Waals surface area contributed by atoms with Crippen LogP contribution in [0.5, 0.6) is 5.75 Å². The molecule has 0 amide bonds. The van der Waals surface area contributed by atoms with E-state index in [-0.39, 0.29) is 20.9 Å². The standard InChI is InChI=1S/C10H9BrClNO5/c1-5(10(14)17-2)18-9-7(11)3-6(12)4-8(9)13(15)16/h3-5H,1-2H3/t5-/m0/s1. The molecule has 0 heterocycles. The van der Waals surface area contributed by atoms with Gasteiger partial charge < -0.3 is 9.47 Å². The second-order valence-corrected chi connectivity index (χ2v) is 4.57. The minimum Gasteiger partial charge on any atom is -0.471 e. The van der Waals surface area contributed by atoms with E-state index in [9.17, 15) is 14.9 Å². The number of hydrogen-bond acceptors (Lipinski definition) is 5. The van der Waals surface area contributed by atoms with Gasteiger partial charge in [-0.2, -0.15) is 0 Å². The van der Waals surface area contributed by atoms with Crippen LogP contribution < -0.4 is 4.74 Å². The molecule has 0 aromatic heterocycles. The first-order chi connectivity index (χ1) is 8.36. The maximum Gasteiger partial charge on any atom is 0.346 e. The molecule has 1 rings (SSSR count). The van der Waals surface area contributed by atoms with E-state index >= 15 is 0 Å². The molecule has 0 N–H and O–H groups in total. The van der Waals surface area contributed by atoms with E-state index in [0.29, 0.717) is 0 Å². The van der Waals surface area contributed by atoms with Gasteiger partial charge in [0.25, 0.3) is 0 Å². The number of benzene rings is 1. The lowest BCUT2D eigenvalue weighted by Gasteiger charge is -2.13. The lowest BCUT2D eigenvalue weighted by Crippen LogP contribution is -2.25. The van der Waals surface area contributed by atoms with E-state index < -0.39 is 17.0 Å². The van der Waals surface area contributed by atoms with Crippen molar-refractivity contribution < 1.29 is 19.2 Å². The third kappa shape index (κ3) is 3.33. The summed E-state index contributed by atoms with van der Waals surface area (Å²) in [5.74, 6) is -0.701. The average molecular weight is 339 g/mol. The summed E-state index contributed by atoms with van der Waals surface area (Å²) in [6, 6.07) is 2.58. The Labute approximate surface area is 116 Å². The van der Waals surface area contributed by atoms with Crippen molar-refractivity contribution in [2.45, 2.75) is 13.0 Å². The number of carbonyl (C=O) groups excluding carboxylic acids is 1. The minimum absolute atomic E-state index is 0.0673. The molecule has 1 aromatic rings. The van der Waals surface area contributed by atoms with Crippen LogP contribution in [0.15, 0.2) is 16.6 Å². The van der Waals surface area contributed by atoms with Crippen molar-refractivity contribution in [3.8, 4) is 5.75 Å². The number of hydrogen-bond donors (Lipinski definition) is 0. The number of halogens is 2. The lowest BCUT2D eigenvalue weighted by molar-refractivity contribution is -0.386. The highest BCUT2D eigenvalue weighted by Crippen LogP contribution is 2.38. The van der Waals surface area contributed by atoms with E-state index in [1.54, 1.807) is 0 Å². The van der Waals surface area contributed by atoms with Crippen molar-refractivity contribution >= 4 is 39.2 Å². The van der Waals surface area contributed by atoms with Crippen molar-refractivity contribution in [3.63, 3.8) is 0 Å². The molecule has 0 saturated carbocycles. The zero-order valence-corrected chi connectivity index (χ0v) is 11.8. The number of nitrogens with zero attached hydrogens (tertiary/aromatic N) is 1. The molecule has 0 fully saturated rings. The second kappa shape index (κ2) is 6.01. The lowest BCUT2D eigenvalue weighted by atomic mass is 10.3. The van der Waals surface area contributed by atoms with Crippen molar-refractivity contribution in [2.75, 3.05) is 7.11 Å². The summed E-state index contributed by atoms with van der Waals surface area (Å²) in [6.45, 7) is 1.43. The molecule has 18 heavy (non-hydrogen) atoms. The van der Waals surface area contributed by atoms with Crippen molar-refractivity contribution in [2.24, 2.45) is 0 Å². The largest absolute Gasteiger partial charge is 0.471 e. The Morgan fingerprint density at radius 2 is 2.17 bits per heavy atom. The van der Waals surface area contributed by atoms with Crippen LogP contribution in [0.1, 0.15) is 6.92 Å². The predicted octanol–water partition coefficient (Wildman–Crippen LogP) is 2.95. The molecule has 0 bridgehead atoms. The molecule has 0 saturated heterocycles. The number of esters is 1. The Balaban J connectivity index is 3.15. The summed E-state index contributed by atoms with van der Waals surface area (Å²) in [4.78, 5) is 21.5. The molecule has 6 nitrogen and oxygen atoms in total. The Morgan fingerprint density at radius 3 is 2.67 bits per heavy atom. The number of nitro groups is 1. The average Bonchev–Trinajstić information content (AvgIpc) is 2.30. The molecule has 0 spiro atoms. The smallest absolute Gasteiger partial charge is 0.346 e. The molecule has 0 aliphatic heterocycles. The Morgan fingerprint density at radius 1 is 1.56 bits per heavy atom. The first-order valence-corrected chi connectivity index (χ1v) is 5.91. The highest BCUT2D eigenvalue weighted by Gasteiger charge is 2.24. The van der Waals surface area contributed by atoms with Gasteiger partial charge in [-0.25, -0.2) is 4.79 Å². The fraction of sp³-hybridized carbons (Fsp3) is 0.300. The Kier molecular flexibility index (Phi) is 4.92. The number of nitro benzene ring substituents is 1. The third-order valence-corrected chi connectivity index (χ3v) is 2.82. The van der Waals surface area contributed by atoms with Crippen molar-refractivity contribution in [1.82, 2.24) is 0 Å². The summed E-state index contributed by atoms with van der Waals surface area (Å²) >= 11 is 8.81. The molecule has 0 aliphatic rings. The zero-order valence-electron chi connectivity index (χ0n) is 9.48. The van der Waals surface area contributed by atoms with Gasteiger partial charge in [0.15, 0.2) is 6.10 Å². The molecule has 98 valence electrons. The van der Waals surface area contributed by atoms with Gasteiger partial charge in [0, 0.05) is 11.1 Å². The van der Waals surface area contributed by atoms with Gasteiger partial charge in [-0.15, -0.1) is 0 Å². The van der Waals surface area contributed by atoms with Gasteiger partial charge in [0.2, 0.25) is 5.75 Å². The van der Waals surface area contributed by atoms with Gasteiger partial charge in [-0.05, 0) is 28.9 Å². The van der Waals surface area contributed by atoms with Crippen LogP contribution in [0.3, 0.4) is 0 Å². The normalized spacial score (nSPS) is 11.8. The van der Waals surface area contributed by atoms with Crippen LogP contribution in [0.2, 0.25) is 5.02 Å². The molecule has 1 atom stereocenters. The van der Waals surface area contributed by atoms with E-state index in [1.165, 1.54) is 20.1 Å². The van der Waals surface area contributed by atoms with Crippen LogP contribution >= 0.6 is 27.5 Å². The Bertz CT molecular complexity index is 493. The van der Waals surface area contributed by atoms with E-state index in [4.69, 9.17) is 16.3 Å². The van der Waals surface area contributed by atoms with Gasteiger partial charge in [0.05, 0.1) is 16.5 Å². The van der Waals surface area contributed by atoms with Crippen LogP contribution in [-0.2, 0) is 9.53 Å². The second-order valence-electron chi connectivity index (χ2n) is 3.28. The van der Waals surface area contributed by atoms with E-state index in [1.807, 2.05) is 0 Å². The predicted molar refractivity (Wildman–Crippen MR) is 67.9 cm³/mol. The number of rotatable bonds is 4. The SMILES string of the molecule is COC(=O)[C@H](C)Oc1c(Br)cc(Cl)cc1[N+](=O)[O-]. The summed E-state index contributed by atoms with van der Waals surface area (Å²) in [5.41, 5.74) is -0.329. The van der Waals surface area contributed by atoms with Crippen LogP contribution in [0.4, 0.5) is 5.69 Å². The maximum atomic E-state index is 11.2. The summed E-state index contributed by atoms with van der Waals surface area (Å²) < 4.78 is 9.99. The molecule has 0 radical (unpaired) electrons. The zero-order chi connectivity index (χ0) is 13.9. The third-order valence-electron chi connectivity index (χ3n) is 2.01. The summed E-state index contributed by atoms with van der Waals surface area (Å²) in [7, 11) is 1.20. The van der Waals surface area contributed by atoms with Gasteiger partial charge in [-0.1, -0.05) is 11.6 Å². The van der Waals surface area contributed by atoms with Gasteiger partial charge >= 0.3 is 11.7 Å². The van der Waals surface area contributed by atoms with E-state index in [0.717, 1.165) is 6.07 Å². The summed E-state index contributed by atoms with van der Waals surface area (Å²) in [5, 5.41) is 11.1. The van der Waals surface area contributed by atoms with Gasteiger partial charge in [-0.3, -0.25) is 10.1 Å². The van der Waals surface area contributed by atoms with Crippen molar-refractivity contribution in [3.05, 3.63) is 31.7 Å². The topological polar surface area (TPSA) is 78.7 Å². The highest BCUT2D eigenvalue weighted by molar-refractivity contribution is 9.10. The molecular weight excluding hydrogens is 329 g/mol. The first-order valence-electron chi connectivity index (χ1n) is 4.74. The van der Waals surface area contributed by atoms with Gasteiger partial charge in [0.1, 0.15) is 0 Å². The van der Waals surface area contributed by atoms with E-state index in [2.05, 4.69) is 20.7 Å². The molecule has 8 heteroatoms. The molecule has 0 unspecified atom stereocenters.